The molecule has 2 fully saturated rings. The van der Waals surface area contributed by atoms with E-state index in [2.05, 4.69) is 13.8 Å². The molecule has 0 heterocycles. The lowest BCUT2D eigenvalue weighted by Crippen LogP contribution is -2.26. The van der Waals surface area contributed by atoms with E-state index in [1.165, 1.54) is 44.9 Å². The molecule has 2 rings (SSSR count). The van der Waals surface area contributed by atoms with Gasteiger partial charge in [0.05, 0.1) is 0 Å². The Kier molecular flexibility index (Phi) is 8.93. The Labute approximate surface area is 140 Å². The largest absolute Gasteiger partial charge is 0.0654 e. The molecule has 0 aromatic heterocycles. The van der Waals surface area contributed by atoms with Gasteiger partial charge in [-0.3, -0.25) is 0 Å². The Morgan fingerprint density at radius 1 is 0.591 bits per heavy atom. The molecule has 0 N–H and O–H groups in total. The van der Waals surface area contributed by atoms with Gasteiger partial charge in [0.2, 0.25) is 0 Å². The average molecular weight is 307 g/mol. The quantitative estimate of drug-likeness (QED) is 0.382. The van der Waals surface area contributed by atoms with Crippen LogP contribution >= 0.6 is 0 Å². The summed E-state index contributed by atoms with van der Waals surface area (Å²) in [6, 6.07) is 0. The first-order chi connectivity index (χ1) is 10.8. The zero-order chi connectivity index (χ0) is 15.6. The number of hydrogen-bond acceptors (Lipinski definition) is 0. The Morgan fingerprint density at radius 2 is 1.36 bits per heavy atom. The highest BCUT2D eigenvalue weighted by Crippen LogP contribution is 2.43. The van der Waals surface area contributed by atoms with Crippen LogP contribution in [0.2, 0.25) is 0 Å². The number of unbranched alkanes of at least 4 members (excludes halogenated alkanes) is 4. The Hall–Kier alpha value is 0. The van der Waals surface area contributed by atoms with E-state index in [9.17, 15) is 0 Å². The molecule has 0 unspecified atom stereocenters. The van der Waals surface area contributed by atoms with Crippen molar-refractivity contribution >= 4 is 0 Å². The summed E-state index contributed by atoms with van der Waals surface area (Å²) >= 11 is 0. The van der Waals surface area contributed by atoms with Crippen molar-refractivity contribution in [2.75, 3.05) is 0 Å². The summed E-state index contributed by atoms with van der Waals surface area (Å²) in [6.45, 7) is 4.68. The van der Waals surface area contributed by atoms with Gasteiger partial charge in [-0.05, 0) is 42.9 Å². The standard InChI is InChI=1S/C22H42/c1-3-5-6-7-8-11-20-12-9-13-22(18-20)21-16-14-19(10-4-2)15-17-21/h19-22H,3-18H2,1-2H3/t19-,20-,21+,22-/m1/s1. The zero-order valence-corrected chi connectivity index (χ0v) is 15.6. The van der Waals surface area contributed by atoms with Crippen molar-refractivity contribution < 1.29 is 0 Å². The van der Waals surface area contributed by atoms with Crippen LogP contribution in [0.5, 0.6) is 0 Å². The molecule has 2 aliphatic rings. The summed E-state index contributed by atoms with van der Waals surface area (Å²) in [5.41, 5.74) is 0. The molecular weight excluding hydrogens is 264 g/mol. The maximum Gasteiger partial charge on any atom is -0.0383 e. The molecule has 2 saturated carbocycles. The van der Waals surface area contributed by atoms with Gasteiger partial charge < -0.3 is 0 Å². The third kappa shape index (κ3) is 6.25. The normalized spacial score (nSPS) is 33.0. The predicted octanol–water partition coefficient (Wildman–Crippen LogP) is 7.76. The van der Waals surface area contributed by atoms with Crippen molar-refractivity contribution in [1.82, 2.24) is 0 Å². The highest BCUT2D eigenvalue weighted by molar-refractivity contribution is 4.82. The fraction of sp³-hybridized carbons (Fsp3) is 1.00. The van der Waals surface area contributed by atoms with Gasteiger partial charge in [-0.15, -0.1) is 0 Å². The molecule has 0 aromatic rings. The lowest BCUT2D eigenvalue weighted by atomic mass is 9.67. The zero-order valence-electron chi connectivity index (χ0n) is 15.6. The van der Waals surface area contributed by atoms with Crippen LogP contribution in [-0.4, -0.2) is 0 Å². The van der Waals surface area contributed by atoms with E-state index < -0.39 is 0 Å². The van der Waals surface area contributed by atoms with E-state index in [1.807, 2.05) is 0 Å². The SMILES string of the molecule is CCCCCCC[C@@H]1CCC[C@@H]([C@H]2CC[C@@H](CCC)CC2)C1. The maximum absolute atomic E-state index is 2.36. The van der Waals surface area contributed by atoms with Gasteiger partial charge in [-0.25, -0.2) is 0 Å². The lowest BCUT2D eigenvalue weighted by molar-refractivity contribution is 0.133. The summed E-state index contributed by atoms with van der Waals surface area (Å²) in [7, 11) is 0. The molecule has 2 aliphatic carbocycles. The van der Waals surface area contributed by atoms with Gasteiger partial charge in [0.15, 0.2) is 0 Å². The van der Waals surface area contributed by atoms with Gasteiger partial charge >= 0.3 is 0 Å². The van der Waals surface area contributed by atoms with Crippen molar-refractivity contribution in [3.8, 4) is 0 Å². The monoisotopic (exact) mass is 306 g/mol. The number of rotatable bonds is 9. The minimum Gasteiger partial charge on any atom is -0.0654 e. The summed E-state index contributed by atoms with van der Waals surface area (Å²) in [5, 5.41) is 0. The van der Waals surface area contributed by atoms with Crippen molar-refractivity contribution in [2.24, 2.45) is 23.7 Å². The molecule has 22 heavy (non-hydrogen) atoms. The van der Waals surface area contributed by atoms with E-state index >= 15 is 0 Å². The fourth-order valence-corrected chi connectivity index (χ4v) is 5.42. The van der Waals surface area contributed by atoms with Crippen LogP contribution in [0.1, 0.15) is 117 Å². The van der Waals surface area contributed by atoms with Crippen LogP contribution in [0.15, 0.2) is 0 Å². The summed E-state index contributed by atoms with van der Waals surface area (Å²) in [6.07, 6.45) is 24.3. The summed E-state index contributed by atoms with van der Waals surface area (Å²) in [4.78, 5) is 0. The van der Waals surface area contributed by atoms with Crippen molar-refractivity contribution in [3.05, 3.63) is 0 Å². The van der Waals surface area contributed by atoms with Gasteiger partial charge in [-0.2, -0.15) is 0 Å². The van der Waals surface area contributed by atoms with Gasteiger partial charge in [-0.1, -0.05) is 97.3 Å². The fourth-order valence-electron chi connectivity index (χ4n) is 5.42. The molecular formula is C22H42. The first kappa shape index (κ1) is 18.3. The first-order valence-corrected chi connectivity index (χ1v) is 10.8. The van der Waals surface area contributed by atoms with E-state index in [0.717, 1.165) is 23.7 Å². The van der Waals surface area contributed by atoms with Crippen LogP contribution in [0, 0.1) is 23.7 Å². The predicted molar refractivity (Wildman–Crippen MR) is 99.2 cm³/mol. The third-order valence-corrected chi connectivity index (χ3v) is 6.79. The van der Waals surface area contributed by atoms with Crippen molar-refractivity contribution in [1.29, 1.82) is 0 Å². The van der Waals surface area contributed by atoms with Crippen molar-refractivity contribution in [2.45, 2.75) is 117 Å². The van der Waals surface area contributed by atoms with E-state index in [4.69, 9.17) is 0 Å². The molecule has 0 nitrogen and oxygen atoms in total. The second-order valence-corrected chi connectivity index (χ2v) is 8.57. The highest BCUT2D eigenvalue weighted by atomic mass is 14.4. The second-order valence-electron chi connectivity index (χ2n) is 8.57. The van der Waals surface area contributed by atoms with Crippen molar-refractivity contribution in [3.63, 3.8) is 0 Å². The average Bonchev–Trinajstić information content (AvgIpc) is 2.56. The minimum atomic E-state index is 1.08. The van der Waals surface area contributed by atoms with Crippen LogP contribution in [0.3, 0.4) is 0 Å². The van der Waals surface area contributed by atoms with Crippen LogP contribution < -0.4 is 0 Å². The smallest absolute Gasteiger partial charge is 0.0383 e. The van der Waals surface area contributed by atoms with Crippen LogP contribution in [-0.2, 0) is 0 Å². The number of hydrogen-bond donors (Lipinski definition) is 0. The van der Waals surface area contributed by atoms with Gasteiger partial charge in [0.25, 0.3) is 0 Å². The summed E-state index contributed by atoms with van der Waals surface area (Å²) < 4.78 is 0. The molecule has 0 aromatic carbocycles. The molecule has 0 spiro atoms. The third-order valence-electron chi connectivity index (χ3n) is 6.79. The topological polar surface area (TPSA) is 0 Å². The molecule has 0 aliphatic heterocycles. The lowest BCUT2D eigenvalue weighted by Gasteiger charge is -2.38. The molecule has 0 amide bonds. The maximum atomic E-state index is 2.36. The Bertz CT molecular complexity index is 261. The van der Waals surface area contributed by atoms with E-state index in [1.54, 1.807) is 57.8 Å². The molecule has 2 atom stereocenters. The molecule has 0 radical (unpaired) electrons. The highest BCUT2D eigenvalue weighted by Gasteiger charge is 2.31. The Balaban J connectivity index is 1.63. The van der Waals surface area contributed by atoms with E-state index in [-0.39, 0.29) is 0 Å². The molecule has 0 saturated heterocycles. The Morgan fingerprint density at radius 3 is 2.09 bits per heavy atom. The van der Waals surface area contributed by atoms with Crippen LogP contribution in [0.25, 0.3) is 0 Å². The van der Waals surface area contributed by atoms with Gasteiger partial charge in [0, 0.05) is 0 Å². The molecule has 0 heteroatoms. The molecule has 0 bridgehead atoms. The summed E-state index contributed by atoms with van der Waals surface area (Å²) in [5.74, 6) is 4.39. The first-order valence-electron chi connectivity index (χ1n) is 10.8. The minimum absolute atomic E-state index is 1.08. The van der Waals surface area contributed by atoms with E-state index in [0.29, 0.717) is 0 Å². The van der Waals surface area contributed by atoms with Crippen LogP contribution in [0.4, 0.5) is 0 Å². The molecule has 130 valence electrons. The second kappa shape index (κ2) is 10.7. The van der Waals surface area contributed by atoms with Gasteiger partial charge in [0.1, 0.15) is 0 Å².